The minimum atomic E-state index is -3.32. The van der Waals surface area contributed by atoms with E-state index in [2.05, 4.69) is 15.0 Å². The molecule has 0 bridgehead atoms. The number of hydrogen-bond acceptors (Lipinski definition) is 8. The Morgan fingerprint density at radius 2 is 1.85 bits per heavy atom. The molecule has 0 aliphatic rings. The Hall–Kier alpha value is -2.42. The predicted molar refractivity (Wildman–Crippen MR) is 70.4 cm³/mol. The van der Waals surface area contributed by atoms with E-state index in [1.165, 1.54) is 19.2 Å². The van der Waals surface area contributed by atoms with Gasteiger partial charge in [0, 0.05) is 6.26 Å². The molecule has 0 saturated heterocycles. The third-order valence-electron chi connectivity index (χ3n) is 2.24. The molecule has 2 N–H and O–H groups in total. The highest BCUT2D eigenvalue weighted by molar-refractivity contribution is 7.90. The summed E-state index contributed by atoms with van der Waals surface area (Å²) in [5.74, 6) is 0.201. The molecule has 0 atom stereocenters. The van der Waals surface area contributed by atoms with Crippen LogP contribution < -0.4 is 15.2 Å². The Balaban J connectivity index is 2.33. The molecule has 106 valence electrons. The number of anilines is 1. The lowest BCUT2D eigenvalue weighted by Crippen LogP contribution is -2.03. The molecule has 20 heavy (non-hydrogen) atoms. The Morgan fingerprint density at radius 3 is 2.50 bits per heavy atom. The second kappa shape index (κ2) is 5.29. The van der Waals surface area contributed by atoms with Crippen molar-refractivity contribution in [1.29, 1.82) is 0 Å². The zero-order chi connectivity index (χ0) is 14.8. The normalized spacial score (nSPS) is 11.1. The Bertz CT molecular complexity index is 733. The lowest BCUT2D eigenvalue weighted by Gasteiger charge is -2.06. The van der Waals surface area contributed by atoms with Gasteiger partial charge < -0.3 is 15.2 Å². The molecule has 0 saturated carbocycles. The number of nitrogens with two attached hydrogens (primary N) is 1. The minimum absolute atomic E-state index is 0.00627. The molecule has 0 aliphatic carbocycles. The topological polar surface area (TPSA) is 117 Å². The lowest BCUT2D eigenvalue weighted by molar-refractivity contribution is 0.360. The summed E-state index contributed by atoms with van der Waals surface area (Å²) in [6.45, 7) is 0. The Kier molecular flexibility index (Phi) is 3.70. The van der Waals surface area contributed by atoms with Crippen LogP contribution in [0.5, 0.6) is 17.8 Å². The van der Waals surface area contributed by atoms with Gasteiger partial charge in [0.05, 0.1) is 12.0 Å². The van der Waals surface area contributed by atoms with Gasteiger partial charge in [0.25, 0.3) is 0 Å². The van der Waals surface area contributed by atoms with Crippen molar-refractivity contribution in [3.05, 3.63) is 24.3 Å². The summed E-state index contributed by atoms with van der Waals surface area (Å²) < 4.78 is 33.1. The molecule has 0 amide bonds. The molecule has 1 heterocycles. The second-order valence-corrected chi connectivity index (χ2v) is 5.83. The average Bonchev–Trinajstić information content (AvgIpc) is 2.37. The number of nitrogen functional groups attached to an aromatic ring is 1. The van der Waals surface area contributed by atoms with Crippen molar-refractivity contribution in [3.8, 4) is 17.8 Å². The number of rotatable bonds is 4. The third kappa shape index (κ3) is 3.32. The van der Waals surface area contributed by atoms with Crippen LogP contribution in [0.15, 0.2) is 29.2 Å². The van der Waals surface area contributed by atoms with Gasteiger partial charge in [-0.25, -0.2) is 8.42 Å². The zero-order valence-corrected chi connectivity index (χ0v) is 11.6. The molecule has 2 aromatic rings. The van der Waals surface area contributed by atoms with E-state index in [1.54, 1.807) is 12.1 Å². The number of benzene rings is 1. The van der Waals surface area contributed by atoms with Crippen LogP contribution >= 0.6 is 0 Å². The summed E-state index contributed by atoms with van der Waals surface area (Å²) in [5, 5.41) is 0. The zero-order valence-electron chi connectivity index (χ0n) is 10.8. The first-order valence-corrected chi connectivity index (χ1v) is 7.31. The van der Waals surface area contributed by atoms with Crippen LogP contribution in [-0.4, -0.2) is 36.7 Å². The second-order valence-electron chi connectivity index (χ2n) is 3.81. The van der Waals surface area contributed by atoms with Gasteiger partial charge in [0.15, 0.2) is 9.84 Å². The van der Waals surface area contributed by atoms with E-state index in [0.29, 0.717) is 0 Å². The van der Waals surface area contributed by atoms with Crippen LogP contribution in [0, 0.1) is 0 Å². The molecule has 2 rings (SSSR count). The smallest absolute Gasteiger partial charge is 0.330 e. The Labute approximate surface area is 115 Å². The van der Waals surface area contributed by atoms with Crippen molar-refractivity contribution < 1.29 is 17.9 Å². The number of sulfone groups is 1. The van der Waals surface area contributed by atoms with E-state index >= 15 is 0 Å². The van der Waals surface area contributed by atoms with Gasteiger partial charge >= 0.3 is 12.0 Å². The maximum atomic E-state index is 11.5. The fourth-order valence-electron chi connectivity index (χ4n) is 1.36. The summed E-state index contributed by atoms with van der Waals surface area (Å²) >= 11 is 0. The first kappa shape index (κ1) is 14.0. The molecule has 0 unspecified atom stereocenters. The van der Waals surface area contributed by atoms with E-state index in [0.717, 1.165) is 6.26 Å². The van der Waals surface area contributed by atoms with Gasteiger partial charge in [-0.3, -0.25) is 0 Å². The van der Waals surface area contributed by atoms with Gasteiger partial charge in [-0.2, -0.15) is 9.97 Å². The van der Waals surface area contributed by atoms with Gasteiger partial charge in [-0.15, -0.1) is 4.98 Å². The van der Waals surface area contributed by atoms with Crippen molar-refractivity contribution in [2.24, 2.45) is 0 Å². The lowest BCUT2D eigenvalue weighted by atomic mass is 10.3. The molecule has 1 aromatic carbocycles. The number of nitrogens with zero attached hydrogens (tertiary/aromatic N) is 3. The van der Waals surface area contributed by atoms with Crippen molar-refractivity contribution in [2.45, 2.75) is 4.90 Å². The summed E-state index contributed by atoms with van der Waals surface area (Å²) in [5.41, 5.74) is 5.47. The van der Waals surface area contributed by atoms with Gasteiger partial charge in [-0.05, 0) is 18.2 Å². The maximum Gasteiger partial charge on any atom is 0.330 e. The fraction of sp³-hybridized carbons (Fsp3) is 0.182. The fourth-order valence-corrected chi connectivity index (χ4v) is 2.02. The van der Waals surface area contributed by atoms with E-state index in [9.17, 15) is 8.42 Å². The molecular formula is C11H12N4O4S. The molecule has 0 fully saturated rings. The van der Waals surface area contributed by atoms with Crippen molar-refractivity contribution >= 4 is 15.8 Å². The van der Waals surface area contributed by atoms with Crippen LogP contribution in [0.2, 0.25) is 0 Å². The van der Waals surface area contributed by atoms with E-state index in [1.807, 2.05) is 0 Å². The first-order chi connectivity index (χ1) is 9.38. The van der Waals surface area contributed by atoms with Crippen molar-refractivity contribution in [3.63, 3.8) is 0 Å². The molecular weight excluding hydrogens is 284 g/mol. The summed E-state index contributed by atoms with van der Waals surface area (Å²) in [7, 11) is -1.94. The maximum absolute atomic E-state index is 11.5. The number of ether oxygens (including phenoxy) is 2. The number of methoxy groups -OCH3 is 1. The molecule has 0 aliphatic heterocycles. The van der Waals surface area contributed by atoms with Crippen LogP contribution in [0.3, 0.4) is 0 Å². The van der Waals surface area contributed by atoms with Gasteiger partial charge in [0.1, 0.15) is 5.75 Å². The highest BCUT2D eigenvalue weighted by Gasteiger charge is 2.10. The summed E-state index contributed by atoms with van der Waals surface area (Å²) in [6, 6.07) is 5.87. The average molecular weight is 296 g/mol. The molecule has 8 nitrogen and oxygen atoms in total. The molecule has 0 spiro atoms. The quantitative estimate of drug-likeness (QED) is 0.874. The summed E-state index contributed by atoms with van der Waals surface area (Å²) in [4.78, 5) is 11.5. The highest BCUT2D eigenvalue weighted by atomic mass is 32.2. The number of aromatic nitrogens is 3. The predicted octanol–water partition coefficient (Wildman–Crippen LogP) is 0.658. The van der Waals surface area contributed by atoms with Crippen molar-refractivity contribution in [2.75, 3.05) is 19.1 Å². The van der Waals surface area contributed by atoms with Crippen molar-refractivity contribution in [1.82, 2.24) is 15.0 Å². The number of hydrogen-bond donors (Lipinski definition) is 1. The summed E-state index contributed by atoms with van der Waals surface area (Å²) in [6.07, 6.45) is 1.11. The SMILES string of the molecule is COc1nc(N)nc(Oc2cccc(S(C)(=O)=O)c2)n1. The van der Waals surface area contributed by atoms with Crippen LogP contribution in [0.25, 0.3) is 0 Å². The third-order valence-corrected chi connectivity index (χ3v) is 3.35. The van der Waals surface area contributed by atoms with Crippen LogP contribution in [0.4, 0.5) is 5.95 Å². The Morgan fingerprint density at radius 1 is 1.15 bits per heavy atom. The van der Waals surface area contributed by atoms with Crippen LogP contribution in [0.1, 0.15) is 0 Å². The standard InChI is InChI=1S/C11H12N4O4S/c1-18-10-13-9(12)14-11(15-10)19-7-4-3-5-8(6-7)20(2,16)17/h3-6H,1-2H3,(H2,12,13,14,15). The largest absolute Gasteiger partial charge is 0.467 e. The molecule has 1 aromatic heterocycles. The van der Waals surface area contributed by atoms with Gasteiger partial charge in [-0.1, -0.05) is 6.07 Å². The molecule has 0 radical (unpaired) electrons. The molecule has 9 heteroatoms. The van der Waals surface area contributed by atoms with E-state index in [-0.39, 0.29) is 28.6 Å². The van der Waals surface area contributed by atoms with E-state index < -0.39 is 9.84 Å². The van der Waals surface area contributed by atoms with E-state index in [4.69, 9.17) is 15.2 Å². The highest BCUT2D eigenvalue weighted by Crippen LogP contribution is 2.22. The van der Waals surface area contributed by atoms with Gasteiger partial charge in [0.2, 0.25) is 5.95 Å². The minimum Gasteiger partial charge on any atom is -0.467 e. The first-order valence-electron chi connectivity index (χ1n) is 5.42. The van der Waals surface area contributed by atoms with Crippen LogP contribution in [-0.2, 0) is 9.84 Å². The monoisotopic (exact) mass is 296 g/mol.